The lowest BCUT2D eigenvalue weighted by Crippen LogP contribution is -2.34. The van der Waals surface area contributed by atoms with Gasteiger partial charge in [-0.3, -0.25) is 9.59 Å². The summed E-state index contributed by atoms with van der Waals surface area (Å²) in [4.78, 5) is 24.3. The van der Waals surface area contributed by atoms with Gasteiger partial charge in [0.15, 0.2) is 11.5 Å². The number of hydrogen-bond acceptors (Lipinski definition) is 8. The van der Waals surface area contributed by atoms with Crippen molar-refractivity contribution in [3.05, 3.63) is 41.5 Å². The Balaban J connectivity index is 1.97. The summed E-state index contributed by atoms with van der Waals surface area (Å²) in [5.74, 6) is 0.406. The van der Waals surface area contributed by atoms with Crippen LogP contribution in [0.15, 0.2) is 35.4 Å². The highest BCUT2D eigenvalue weighted by Gasteiger charge is 2.17. The van der Waals surface area contributed by atoms with Gasteiger partial charge in [0.25, 0.3) is 11.8 Å². The van der Waals surface area contributed by atoms with Crippen molar-refractivity contribution in [1.29, 1.82) is 0 Å². The molecule has 0 aliphatic rings. The molecular formula is C20H23N3O7. The number of benzene rings is 2. The van der Waals surface area contributed by atoms with Gasteiger partial charge in [0, 0.05) is 11.1 Å². The van der Waals surface area contributed by atoms with E-state index < -0.39 is 11.8 Å². The predicted octanol–water partition coefficient (Wildman–Crippen LogP) is 1.31. The van der Waals surface area contributed by atoms with E-state index >= 15 is 0 Å². The summed E-state index contributed by atoms with van der Waals surface area (Å²) in [7, 11) is 5.82. The van der Waals surface area contributed by atoms with E-state index in [0.29, 0.717) is 28.6 Å². The number of rotatable bonds is 9. The van der Waals surface area contributed by atoms with Gasteiger partial charge >= 0.3 is 0 Å². The summed E-state index contributed by atoms with van der Waals surface area (Å²) >= 11 is 0. The first-order chi connectivity index (χ1) is 14.4. The smallest absolute Gasteiger partial charge is 0.259 e. The van der Waals surface area contributed by atoms with Crippen LogP contribution in [-0.4, -0.2) is 58.1 Å². The van der Waals surface area contributed by atoms with Crippen LogP contribution in [0.2, 0.25) is 0 Å². The van der Waals surface area contributed by atoms with E-state index in [-0.39, 0.29) is 17.9 Å². The number of methoxy groups -OCH3 is 4. The number of aromatic hydroxyl groups is 1. The van der Waals surface area contributed by atoms with Crippen molar-refractivity contribution >= 4 is 18.0 Å². The summed E-state index contributed by atoms with van der Waals surface area (Å²) in [6.45, 7) is -0.322. The van der Waals surface area contributed by atoms with Crippen molar-refractivity contribution in [2.24, 2.45) is 5.10 Å². The molecule has 0 saturated heterocycles. The van der Waals surface area contributed by atoms with Crippen LogP contribution in [0.3, 0.4) is 0 Å². The van der Waals surface area contributed by atoms with E-state index in [1.165, 1.54) is 52.9 Å². The number of ether oxygens (including phenoxy) is 4. The average Bonchev–Trinajstić information content (AvgIpc) is 2.77. The van der Waals surface area contributed by atoms with Gasteiger partial charge in [-0.1, -0.05) is 0 Å². The van der Waals surface area contributed by atoms with Crippen molar-refractivity contribution in [3.63, 3.8) is 0 Å². The molecule has 2 rings (SSSR count). The first-order valence-electron chi connectivity index (χ1n) is 8.70. The highest BCUT2D eigenvalue weighted by molar-refractivity contribution is 5.97. The fourth-order valence-electron chi connectivity index (χ4n) is 2.45. The van der Waals surface area contributed by atoms with Gasteiger partial charge in [-0.25, -0.2) is 5.43 Å². The lowest BCUT2D eigenvalue weighted by atomic mass is 10.1. The number of carbonyl (C=O) groups is 2. The molecule has 0 radical (unpaired) electrons. The number of phenolic OH excluding ortho intramolecular Hbond substituents is 1. The summed E-state index contributed by atoms with van der Waals surface area (Å²) in [5.41, 5.74) is 2.84. The Hall–Kier alpha value is -3.95. The quantitative estimate of drug-likeness (QED) is 0.415. The standard InChI is InChI=1S/C20H23N3O7/c1-27-14-5-6-15(24)13(7-14)10-22-23-18(25)11-21-20(26)12-8-16(28-2)19(30-4)17(9-12)29-3/h5-10,24H,11H2,1-4H3,(H,21,26)(H,23,25)/b22-10+. The largest absolute Gasteiger partial charge is 0.507 e. The molecule has 0 atom stereocenters. The van der Waals surface area contributed by atoms with Crippen molar-refractivity contribution in [1.82, 2.24) is 10.7 Å². The molecule has 2 aromatic carbocycles. The molecule has 10 nitrogen and oxygen atoms in total. The molecule has 30 heavy (non-hydrogen) atoms. The second-order valence-corrected chi connectivity index (χ2v) is 5.81. The maximum Gasteiger partial charge on any atom is 0.259 e. The summed E-state index contributed by atoms with van der Waals surface area (Å²) < 4.78 is 20.7. The Labute approximate surface area is 173 Å². The molecule has 0 fully saturated rings. The summed E-state index contributed by atoms with van der Waals surface area (Å²) in [6, 6.07) is 7.53. The molecule has 0 aromatic heterocycles. The molecule has 0 aliphatic carbocycles. The first kappa shape index (κ1) is 22.3. The molecule has 2 amide bonds. The van der Waals surface area contributed by atoms with Gasteiger partial charge in [0.1, 0.15) is 11.5 Å². The zero-order valence-corrected chi connectivity index (χ0v) is 17.0. The van der Waals surface area contributed by atoms with Gasteiger partial charge in [0.05, 0.1) is 41.2 Å². The highest BCUT2D eigenvalue weighted by Crippen LogP contribution is 2.38. The van der Waals surface area contributed by atoms with E-state index in [9.17, 15) is 14.7 Å². The number of nitrogens with zero attached hydrogens (tertiary/aromatic N) is 1. The van der Waals surface area contributed by atoms with Crippen molar-refractivity contribution < 1.29 is 33.6 Å². The highest BCUT2D eigenvalue weighted by atomic mass is 16.5. The minimum Gasteiger partial charge on any atom is -0.507 e. The van der Waals surface area contributed by atoms with E-state index in [1.807, 2.05) is 0 Å². The van der Waals surface area contributed by atoms with Gasteiger partial charge in [-0.2, -0.15) is 5.10 Å². The Morgan fingerprint density at radius 2 is 1.67 bits per heavy atom. The predicted molar refractivity (Wildman–Crippen MR) is 109 cm³/mol. The van der Waals surface area contributed by atoms with Crippen LogP contribution < -0.4 is 29.7 Å². The topological polar surface area (TPSA) is 128 Å². The van der Waals surface area contributed by atoms with Crippen LogP contribution in [0.25, 0.3) is 0 Å². The van der Waals surface area contributed by atoms with Gasteiger partial charge in [0.2, 0.25) is 5.75 Å². The average molecular weight is 417 g/mol. The second-order valence-electron chi connectivity index (χ2n) is 5.81. The van der Waals surface area contributed by atoms with Crippen LogP contribution in [0.5, 0.6) is 28.7 Å². The fourth-order valence-corrected chi connectivity index (χ4v) is 2.45. The number of amides is 2. The van der Waals surface area contributed by atoms with Crippen LogP contribution in [0, 0.1) is 0 Å². The molecule has 0 bridgehead atoms. The number of hydrogen-bond donors (Lipinski definition) is 3. The van der Waals surface area contributed by atoms with E-state index in [1.54, 1.807) is 12.1 Å². The molecule has 2 aromatic rings. The van der Waals surface area contributed by atoms with Gasteiger partial charge in [-0.05, 0) is 30.3 Å². The minimum atomic E-state index is -0.561. The number of carbonyl (C=O) groups excluding carboxylic acids is 2. The fraction of sp³-hybridized carbons (Fsp3) is 0.250. The third-order valence-electron chi connectivity index (χ3n) is 3.96. The molecule has 3 N–H and O–H groups in total. The minimum absolute atomic E-state index is 0.0236. The van der Waals surface area contributed by atoms with Gasteiger partial charge in [-0.15, -0.1) is 0 Å². The number of hydrazone groups is 1. The molecule has 0 saturated carbocycles. The normalized spacial score (nSPS) is 10.4. The van der Waals surface area contributed by atoms with Crippen molar-refractivity contribution in [3.8, 4) is 28.7 Å². The second kappa shape index (κ2) is 10.6. The molecule has 0 spiro atoms. The van der Waals surface area contributed by atoms with Crippen molar-refractivity contribution in [2.75, 3.05) is 35.0 Å². The SMILES string of the molecule is COc1ccc(O)c(/C=N/NC(=O)CNC(=O)c2cc(OC)c(OC)c(OC)c2)c1. The lowest BCUT2D eigenvalue weighted by Gasteiger charge is -2.14. The zero-order chi connectivity index (χ0) is 22.1. The summed E-state index contributed by atoms with van der Waals surface area (Å²) in [6.07, 6.45) is 1.26. The maximum atomic E-state index is 12.4. The molecule has 0 unspecified atom stereocenters. The Bertz CT molecular complexity index is 919. The van der Waals surface area contributed by atoms with Crippen LogP contribution in [0.4, 0.5) is 0 Å². The molecule has 0 heterocycles. The third-order valence-corrected chi connectivity index (χ3v) is 3.96. The van der Waals surface area contributed by atoms with Crippen LogP contribution in [-0.2, 0) is 4.79 Å². The summed E-state index contributed by atoms with van der Waals surface area (Å²) in [5, 5.41) is 16.0. The number of nitrogens with one attached hydrogen (secondary N) is 2. The third kappa shape index (κ3) is 5.53. The van der Waals surface area contributed by atoms with Gasteiger partial charge < -0.3 is 29.4 Å². The monoisotopic (exact) mass is 417 g/mol. The molecule has 10 heteroatoms. The Kier molecular flexibility index (Phi) is 7.86. The zero-order valence-electron chi connectivity index (χ0n) is 17.0. The van der Waals surface area contributed by atoms with E-state index in [4.69, 9.17) is 18.9 Å². The Morgan fingerprint density at radius 1 is 1.00 bits per heavy atom. The molecular weight excluding hydrogens is 394 g/mol. The lowest BCUT2D eigenvalue weighted by molar-refractivity contribution is -0.120. The van der Waals surface area contributed by atoms with E-state index in [2.05, 4.69) is 15.8 Å². The van der Waals surface area contributed by atoms with Crippen LogP contribution in [0.1, 0.15) is 15.9 Å². The Morgan fingerprint density at radius 3 is 2.23 bits per heavy atom. The molecule has 160 valence electrons. The van der Waals surface area contributed by atoms with Crippen molar-refractivity contribution in [2.45, 2.75) is 0 Å². The maximum absolute atomic E-state index is 12.4. The van der Waals surface area contributed by atoms with Crippen LogP contribution >= 0.6 is 0 Å². The first-order valence-corrected chi connectivity index (χ1v) is 8.70. The number of phenols is 1. The molecule has 0 aliphatic heterocycles. The van der Waals surface area contributed by atoms with E-state index in [0.717, 1.165) is 0 Å².